The zero-order chi connectivity index (χ0) is 19.9. The van der Waals surface area contributed by atoms with Crippen LogP contribution in [0.5, 0.6) is 0 Å². The predicted octanol–water partition coefficient (Wildman–Crippen LogP) is 1.01. The van der Waals surface area contributed by atoms with E-state index in [1.807, 2.05) is 4.90 Å². The first-order valence-electron chi connectivity index (χ1n) is 10.7. The summed E-state index contributed by atoms with van der Waals surface area (Å²) in [5.74, 6) is -0.0963. The molecular weight excluding hydrogens is 360 g/mol. The maximum absolute atomic E-state index is 12.6. The van der Waals surface area contributed by atoms with Crippen molar-refractivity contribution in [1.82, 2.24) is 20.9 Å². The van der Waals surface area contributed by atoms with E-state index < -0.39 is 0 Å². The van der Waals surface area contributed by atoms with Crippen molar-refractivity contribution in [3.63, 3.8) is 0 Å². The molecule has 1 aliphatic carbocycles. The summed E-state index contributed by atoms with van der Waals surface area (Å²) < 4.78 is 4.81. The Bertz CT molecular complexity index is 548. The average molecular weight is 395 g/mol. The molecule has 0 radical (unpaired) electrons. The Hall–Kier alpha value is -1.83. The van der Waals surface area contributed by atoms with Gasteiger partial charge in [0.15, 0.2) is 0 Å². The van der Waals surface area contributed by atoms with Crippen LogP contribution in [0.1, 0.15) is 51.4 Å². The SMILES string of the molecule is COC(=O)C1CCC(NC(=O)C2CCN(C(=O)NC3CCNCC3)CC2)CC1. The fourth-order valence-electron chi connectivity index (χ4n) is 4.54. The molecule has 3 amide bonds. The van der Waals surface area contributed by atoms with Gasteiger partial charge in [-0.25, -0.2) is 4.79 Å². The molecule has 0 spiro atoms. The number of likely N-dealkylation sites (tertiary alicyclic amines) is 1. The number of carbonyl (C=O) groups is 3. The average Bonchev–Trinajstić information content (AvgIpc) is 2.74. The molecule has 2 aliphatic heterocycles. The zero-order valence-corrected chi connectivity index (χ0v) is 16.9. The maximum atomic E-state index is 12.6. The molecule has 3 rings (SSSR count). The highest BCUT2D eigenvalue weighted by Gasteiger charge is 2.32. The lowest BCUT2D eigenvalue weighted by Crippen LogP contribution is -2.51. The number of ether oxygens (including phenoxy) is 1. The number of esters is 1. The molecular formula is C20H34N4O4. The molecule has 1 saturated carbocycles. The van der Waals surface area contributed by atoms with E-state index in [0.717, 1.165) is 51.6 Å². The summed E-state index contributed by atoms with van der Waals surface area (Å²) in [4.78, 5) is 38.5. The summed E-state index contributed by atoms with van der Waals surface area (Å²) in [6, 6.07) is 0.413. The summed E-state index contributed by atoms with van der Waals surface area (Å²) in [5.41, 5.74) is 0. The van der Waals surface area contributed by atoms with Gasteiger partial charge >= 0.3 is 12.0 Å². The predicted molar refractivity (Wildman–Crippen MR) is 105 cm³/mol. The lowest BCUT2D eigenvalue weighted by Gasteiger charge is -2.34. The zero-order valence-electron chi connectivity index (χ0n) is 16.9. The highest BCUT2D eigenvalue weighted by atomic mass is 16.5. The fraction of sp³-hybridized carbons (Fsp3) is 0.850. The van der Waals surface area contributed by atoms with Crippen LogP contribution in [0, 0.1) is 11.8 Å². The lowest BCUT2D eigenvalue weighted by atomic mass is 9.85. The van der Waals surface area contributed by atoms with Crippen molar-refractivity contribution in [3.05, 3.63) is 0 Å². The molecule has 0 bridgehead atoms. The number of urea groups is 1. The van der Waals surface area contributed by atoms with Crippen molar-refractivity contribution in [1.29, 1.82) is 0 Å². The summed E-state index contributed by atoms with van der Waals surface area (Å²) >= 11 is 0. The Balaban J connectivity index is 1.36. The number of hydrogen-bond donors (Lipinski definition) is 3. The van der Waals surface area contributed by atoms with Gasteiger partial charge in [0.25, 0.3) is 0 Å². The van der Waals surface area contributed by atoms with Gasteiger partial charge in [-0.1, -0.05) is 0 Å². The summed E-state index contributed by atoms with van der Waals surface area (Å²) in [5, 5.41) is 9.58. The quantitative estimate of drug-likeness (QED) is 0.618. The van der Waals surface area contributed by atoms with Gasteiger partial charge in [-0.3, -0.25) is 9.59 Å². The molecule has 158 valence electrons. The van der Waals surface area contributed by atoms with E-state index in [-0.39, 0.29) is 41.8 Å². The fourth-order valence-corrected chi connectivity index (χ4v) is 4.54. The van der Waals surface area contributed by atoms with E-state index in [9.17, 15) is 14.4 Å². The molecule has 0 aromatic rings. The Morgan fingerprint density at radius 3 is 2.04 bits per heavy atom. The van der Waals surface area contributed by atoms with E-state index >= 15 is 0 Å². The smallest absolute Gasteiger partial charge is 0.317 e. The van der Waals surface area contributed by atoms with Gasteiger partial charge in [-0.05, 0) is 64.5 Å². The number of amides is 3. The van der Waals surface area contributed by atoms with Crippen molar-refractivity contribution in [3.8, 4) is 0 Å². The van der Waals surface area contributed by atoms with Gasteiger partial charge in [-0.2, -0.15) is 0 Å². The number of methoxy groups -OCH3 is 1. The van der Waals surface area contributed by atoms with Crippen molar-refractivity contribution in [2.24, 2.45) is 11.8 Å². The lowest BCUT2D eigenvalue weighted by molar-refractivity contribution is -0.146. The normalized spacial score (nSPS) is 27.1. The standard InChI is InChI=1S/C20H34N4O4/c1-28-19(26)15-2-4-16(5-3-15)22-18(25)14-8-12-24(13-9-14)20(27)23-17-6-10-21-11-7-17/h14-17,21H,2-13H2,1H3,(H,22,25)(H,23,27). The molecule has 2 heterocycles. The van der Waals surface area contributed by atoms with Crippen LogP contribution in [0.3, 0.4) is 0 Å². The molecule has 0 aromatic carbocycles. The van der Waals surface area contributed by atoms with Crippen LogP contribution >= 0.6 is 0 Å². The van der Waals surface area contributed by atoms with Crippen molar-refractivity contribution < 1.29 is 19.1 Å². The van der Waals surface area contributed by atoms with E-state index in [1.165, 1.54) is 7.11 Å². The summed E-state index contributed by atoms with van der Waals surface area (Å²) in [6.07, 6.45) is 6.56. The topological polar surface area (TPSA) is 99.8 Å². The number of nitrogens with one attached hydrogen (secondary N) is 3. The van der Waals surface area contributed by atoms with E-state index in [4.69, 9.17) is 4.74 Å². The monoisotopic (exact) mass is 394 g/mol. The molecule has 3 N–H and O–H groups in total. The maximum Gasteiger partial charge on any atom is 0.317 e. The molecule has 2 saturated heterocycles. The van der Waals surface area contributed by atoms with E-state index in [2.05, 4.69) is 16.0 Å². The van der Waals surface area contributed by atoms with Crippen LogP contribution in [0.4, 0.5) is 4.79 Å². The Kier molecular flexibility index (Phi) is 7.53. The summed E-state index contributed by atoms with van der Waals surface area (Å²) in [6.45, 7) is 3.16. The molecule has 3 fully saturated rings. The number of carbonyl (C=O) groups excluding carboxylic acids is 3. The molecule has 8 nitrogen and oxygen atoms in total. The first-order valence-corrected chi connectivity index (χ1v) is 10.7. The Labute approximate surface area is 167 Å². The third-order valence-electron chi connectivity index (χ3n) is 6.43. The number of nitrogens with zero attached hydrogens (tertiary/aromatic N) is 1. The van der Waals surface area contributed by atoms with Crippen molar-refractivity contribution in [2.75, 3.05) is 33.3 Å². The third kappa shape index (κ3) is 5.59. The van der Waals surface area contributed by atoms with Gasteiger partial charge in [0.1, 0.15) is 0 Å². The van der Waals surface area contributed by atoms with Crippen LogP contribution < -0.4 is 16.0 Å². The number of piperidine rings is 2. The van der Waals surface area contributed by atoms with Crippen molar-refractivity contribution in [2.45, 2.75) is 63.5 Å². The van der Waals surface area contributed by atoms with Gasteiger partial charge < -0.3 is 25.6 Å². The van der Waals surface area contributed by atoms with Crippen LogP contribution in [-0.4, -0.2) is 68.2 Å². The van der Waals surface area contributed by atoms with Gasteiger partial charge in [0.05, 0.1) is 13.0 Å². The summed E-state index contributed by atoms with van der Waals surface area (Å²) in [7, 11) is 1.43. The first kappa shape index (κ1) is 20.9. The van der Waals surface area contributed by atoms with E-state index in [0.29, 0.717) is 25.9 Å². The molecule has 28 heavy (non-hydrogen) atoms. The van der Waals surface area contributed by atoms with Crippen LogP contribution in [0.2, 0.25) is 0 Å². The number of hydrogen-bond acceptors (Lipinski definition) is 5. The molecule has 8 heteroatoms. The van der Waals surface area contributed by atoms with Gasteiger partial charge in [0.2, 0.25) is 5.91 Å². The minimum Gasteiger partial charge on any atom is -0.469 e. The highest BCUT2D eigenvalue weighted by Crippen LogP contribution is 2.26. The second-order valence-corrected chi connectivity index (χ2v) is 8.32. The largest absolute Gasteiger partial charge is 0.469 e. The second-order valence-electron chi connectivity index (χ2n) is 8.32. The van der Waals surface area contributed by atoms with Crippen molar-refractivity contribution >= 4 is 17.9 Å². The minimum atomic E-state index is -0.139. The molecule has 3 aliphatic rings. The third-order valence-corrected chi connectivity index (χ3v) is 6.43. The minimum absolute atomic E-state index is 0.00638. The van der Waals surface area contributed by atoms with Gasteiger partial charge in [-0.15, -0.1) is 0 Å². The molecule has 0 unspecified atom stereocenters. The first-order chi connectivity index (χ1) is 13.6. The molecule has 0 aromatic heterocycles. The van der Waals surface area contributed by atoms with Gasteiger partial charge in [0, 0.05) is 31.1 Å². The van der Waals surface area contributed by atoms with Crippen LogP contribution in [0.25, 0.3) is 0 Å². The highest BCUT2D eigenvalue weighted by molar-refractivity contribution is 5.80. The Morgan fingerprint density at radius 2 is 1.43 bits per heavy atom. The number of rotatable bonds is 4. The van der Waals surface area contributed by atoms with Crippen LogP contribution in [-0.2, 0) is 14.3 Å². The molecule has 0 atom stereocenters. The Morgan fingerprint density at radius 1 is 0.821 bits per heavy atom. The van der Waals surface area contributed by atoms with Crippen LogP contribution in [0.15, 0.2) is 0 Å². The second kappa shape index (κ2) is 10.1. The van der Waals surface area contributed by atoms with E-state index in [1.54, 1.807) is 0 Å².